The molecule has 0 atom stereocenters. The maximum absolute atomic E-state index is 4.72. The van der Waals surface area contributed by atoms with Crippen molar-refractivity contribution in [1.82, 2.24) is 0 Å². The van der Waals surface area contributed by atoms with Crippen LogP contribution in [0.1, 0.15) is 31.9 Å². The molecule has 96 valence electrons. The third-order valence-electron chi connectivity index (χ3n) is 2.80. The summed E-state index contributed by atoms with van der Waals surface area (Å²) in [5.41, 5.74) is 5.62. The minimum Gasteiger partial charge on any atom is -0.253 e. The molecule has 0 aliphatic rings. The van der Waals surface area contributed by atoms with E-state index in [-0.39, 0.29) is 0 Å². The fourth-order valence-electron chi connectivity index (χ4n) is 1.78. The highest BCUT2D eigenvalue weighted by Crippen LogP contribution is 2.21. The third-order valence-corrected chi connectivity index (χ3v) is 2.80. The molecule has 0 aromatic heterocycles. The smallest absolute Gasteiger partial charge is 0.0664 e. The van der Waals surface area contributed by atoms with Crippen LogP contribution < -0.4 is 0 Å². The molecule has 0 amide bonds. The Hall–Kier alpha value is -1.63. The molecule has 1 aromatic carbocycles. The Labute approximate surface area is 111 Å². The second kappa shape index (κ2) is 6.34. The van der Waals surface area contributed by atoms with E-state index >= 15 is 0 Å². The molecule has 0 radical (unpaired) electrons. The summed E-state index contributed by atoms with van der Waals surface area (Å²) in [6.07, 6.45) is 4.07. The molecule has 1 aromatic rings. The maximum Gasteiger partial charge on any atom is 0.0664 e. The predicted octanol–water partition coefficient (Wildman–Crippen LogP) is 5.16. The topological polar surface area (TPSA) is 12.4 Å². The summed E-state index contributed by atoms with van der Waals surface area (Å²) >= 11 is 0. The number of hydrogen-bond donors (Lipinski definition) is 0. The molecule has 0 saturated heterocycles. The first-order valence-electron chi connectivity index (χ1n) is 6.41. The van der Waals surface area contributed by atoms with Gasteiger partial charge in [-0.2, -0.15) is 0 Å². The van der Waals surface area contributed by atoms with Gasteiger partial charge in [-0.05, 0) is 49.5 Å². The van der Waals surface area contributed by atoms with Gasteiger partial charge in [0.15, 0.2) is 0 Å². The normalized spacial score (nSPS) is 13.0. The van der Waals surface area contributed by atoms with Crippen molar-refractivity contribution < 1.29 is 0 Å². The van der Waals surface area contributed by atoms with E-state index in [1.54, 1.807) is 0 Å². The summed E-state index contributed by atoms with van der Waals surface area (Å²) in [5.74, 6) is 0.502. The Morgan fingerprint density at radius 3 is 2.50 bits per heavy atom. The number of benzene rings is 1. The van der Waals surface area contributed by atoms with Crippen LogP contribution in [0.3, 0.4) is 0 Å². The van der Waals surface area contributed by atoms with Crippen molar-refractivity contribution in [3.05, 3.63) is 53.6 Å². The van der Waals surface area contributed by atoms with Gasteiger partial charge in [0.2, 0.25) is 0 Å². The fraction of sp³-hybridized carbons (Fsp3) is 0.353. The predicted molar refractivity (Wildman–Crippen MR) is 81.8 cm³/mol. The molecule has 18 heavy (non-hydrogen) atoms. The van der Waals surface area contributed by atoms with E-state index in [0.717, 1.165) is 17.0 Å². The van der Waals surface area contributed by atoms with Gasteiger partial charge < -0.3 is 0 Å². The minimum absolute atomic E-state index is 0.502. The first kappa shape index (κ1) is 14.4. The van der Waals surface area contributed by atoms with Gasteiger partial charge in [0, 0.05) is 5.71 Å². The average Bonchev–Trinajstić information content (AvgIpc) is 2.30. The van der Waals surface area contributed by atoms with Crippen molar-refractivity contribution in [2.45, 2.75) is 34.6 Å². The Morgan fingerprint density at radius 2 is 1.94 bits per heavy atom. The summed E-state index contributed by atoms with van der Waals surface area (Å²) < 4.78 is 0. The number of nitrogens with zero attached hydrogens (tertiary/aromatic N) is 1. The van der Waals surface area contributed by atoms with Gasteiger partial charge in [0.25, 0.3) is 0 Å². The number of aliphatic imine (C=N–C) groups is 1. The number of aryl methyl sites for hydroxylation is 2. The molecule has 0 saturated carbocycles. The van der Waals surface area contributed by atoms with Gasteiger partial charge in [-0.3, -0.25) is 4.99 Å². The van der Waals surface area contributed by atoms with Crippen LogP contribution in [-0.4, -0.2) is 5.71 Å². The van der Waals surface area contributed by atoms with Crippen LogP contribution in [0.2, 0.25) is 0 Å². The lowest BCUT2D eigenvalue weighted by Gasteiger charge is -2.07. The number of hydrogen-bond acceptors (Lipinski definition) is 1. The molecule has 0 N–H and O–H groups in total. The highest BCUT2D eigenvalue weighted by Gasteiger charge is 2.02. The summed E-state index contributed by atoms with van der Waals surface area (Å²) in [4.78, 5) is 4.72. The zero-order chi connectivity index (χ0) is 13.7. The van der Waals surface area contributed by atoms with Gasteiger partial charge in [-0.1, -0.05) is 44.7 Å². The lowest BCUT2D eigenvalue weighted by molar-refractivity contribution is 0.829. The lowest BCUT2D eigenvalue weighted by atomic mass is 10.1. The van der Waals surface area contributed by atoms with E-state index in [2.05, 4.69) is 58.5 Å². The first-order valence-corrected chi connectivity index (χ1v) is 6.41. The van der Waals surface area contributed by atoms with Crippen molar-refractivity contribution in [2.24, 2.45) is 10.9 Å². The molecule has 1 heteroatoms. The molecule has 1 rings (SSSR count). The quantitative estimate of drug-likeness (QED) is 0.509. The molecule has 1 nitrogen and oxygen atoms in total. The summed E-state index contributed by atoms with van der Waals surface area (Å²) in [6.45, 7) is 14.4. The van der Waals surface area contributed by atoms with Crippen LogP contribution >= 0.6 is 0 Å². The monoisotopic (exact) mass is 241 g/mol. The first-order chi connectivity index (χ1) is 8.43. The van der Waals surface area contributed by atoms with E-state index in [0.29, 0.717) is 5.92 Å². The summed E-state index contributed by atoms with van der Waals surface area (Å²) in [5, 5.41) is 0. The van der Waals surface area contributed by atoms with E-state index in [1.165, 1.54) is 11.1 Å². The van der Waals surface area contributed by atoms with Gasteiger partial charge >= 0.3 is 0 Å². The van der Waals surface area contributed by atoms with Gasteiger partial charge in [-0.15, -0.1) is 0 Å². The van der Waals surface area contributed by atoms with Crippen LogP contribution in [-0.2, 0) is 0 Å². The van der Waals surface area contributed by atoms with E-state index in [4.69, 9.17) is 4.99 Å². The zero-order valence-electron chi connectivity index (χ0n) is 12.1. The highest BCUT2D eigenvalue weighted by atomic mass is 14.7. The second-order valence-electron chi connectivity index (χ2n) is 5.06. The van der Waals surface area contributed by atoms with Crippen molar-refractivity contribution in [2.75, 3.05) is 0 Å². The standard InChI is InChI=1S/C17H23N/c1-7-16(10-12(2)3)15(6)18-17-11-13(4)8-9-14(17)5/h7-12H,1H2,2-6H3/b16-10+,18-15?. The van der Waals surface area contributed by atoms with Gasteiger partial charge in [0.05, 0.1) is 5.69 Å². The molecule has 0 fully saturated rings. The lowest BCUT2D eigenvalue weighted by Crippen LogP contribution is -1.97. The SMILES string of the molecule is C=C/C(=C\C(C)C)C(C)=Nc1cc(C)ccc1C. The largest absolute Gasteiger partial charge is 0.253 e. The van der Waals surface area contributed by atoms with Gasteiger partial charge in [-0.25, -0.2) is 0 Å². The Kier molecular flexibility index (Phi) is 5.08. The van der Waals surface area contributed by atoms with Crippen molar-refractivity contribution in [1.29, 1.82) is 0 Å². The molecule has 0 aliphatic heterocycles. The van der Waals surface area contributed by atoms with Crippen LogP contribution in [0.15, 0.2) is 47.5 Å². The van der Waals surface area contributed by atoms with E-state index in [1.807, 2.05) is 13.0 Å². The van der Waals surface area contributed by atoms with Crippen molar-refractivity contribution in [3.8, 4) is 0 Å². The zero-order valence-corrected chi connectivity index (χ0v) is 12.1. The molecule has 0 spiro atoms. The molecular weight excluding hydrogens is 218 g/mol. The number of rotatable bonds is 4. The van der Waals surface area contributed by atoms with E-state index < -0.39 is 0 Å². The number of allylic oxidation sites excluding steroid dienone is 3. The highest BCUT2D eigenvalue weighted by molar-refractivity contribution is 6.02. The van der Waals surface area contributed by atoms with E-state index in [9.17, 15) is 0 Å². The molecule has 0 heterocycles. The van der Waals surface area contributed by atoms with Crippen molar-refractivity contribution in [3.63, 3.8) is 0 Å². The average molecular weight is 241 g/mol. The van der Waals surface area contributed by atoms with Crippen LogP contribution in [0.4, 0.5) is 5.69 Å². The fourth-order valence-corrected chi connectivity index (χ4v) is 1.78. The second-order valence-corrected chi connectivity index (χ2v) is 5.06. The minimum atomic E-state index is 0.502. The Balaban J connectivity index is 3.15. The summed E-state index contributed by atoms with van der Waals surface area (Å²) in [6, 6.07) is 6.35. The van der Waals surface area contributed by atoms with Gasteiger partial charge in [0.1, 0.15) is 0 Å². The molecule has 0 aliphatic carbocycles. The van der Waals surface area contributed by atoms with Crippen LogP contribution in [0.25, 0.3) is 0 Å². The van der Waals surface area contributed by atoms with Crippen LogP contribution in [0.5, 0.6) is 0 Å². The molecule has 0 bridgehead atoms. The van der Waals surface area contributed by atoms with Crippen LogP contribution in [0, 0.1) is 19.8 Å². The Morgan fingerprint density at radius 1 is 1.28 bits per heavy atom. The molecule has 0 unspecified atom stereocenters. The van der Waals surface area contributed by atoms with Crippen molar-refractivity contribution >= 4 is 11.4 Å². The molecular formula is C17H23N. The Bertz CT molecular complexity index is 490. The summed E-state index contributed by atoms with van der Waals surface area (Å²) in [7, 11) is 0. The maximum atomic E-state index is 4.72. The third kappa shape index (κ3) is 3.99.